The Kier molecular flexibility index (Phi) is 2.37. The molecule has 1 unspecified atom stereocenters. The zero-order chi connectivity index (χ0) is 8.55. The van der Waals surface area contributed by atoms with Gasteiger partial charge < -0.3 is 10.6 Å². The van der Waals surface area contributed by atoms with Crippen molar-refractivity contribution in [3.05, 3.63) is 0 Å². The van der Waals surface area contributed by atoms with E-state index < -0.39 is 0 Å². The van der Waals surface area contributed by atoms with E-state index in [1.54, 1.807) is 0 Å². The van der Waals surface area contributed by atoms with Gasteiger partial charge >= 0.3 is 0 Å². The minimum absolute atomic E-state index is 0.475. The van der Waals surface area contributed by atoms with Crippen LogP contribution < -0.4 is 5.73 Å². The lowest BCUT2D eigenvalue weighted by Gasteiger charge is -2.40. The van der Waals surface area contributed by atoms with E-state index in [9.17, 15) is 0 Å². The van der Waals surface area contributed by atoms with E-state index in [4.69, 9.17) is 5.73 Å². The second-order valence-electron chi connectivity index (χ2n) is 4.49. The molecule has 0 aromatic carbocycles. The van der Waals surface area contributed by atoms with Gasteiger partial charge in [0, 0.05) is 25.7 Å². The van der Waals surface area contributed by atoms with Crippen molar-refractivity contribution in [1.29, 1.82) is 0 Å². The van der Waals surface area contributed by atoms with Gasteiger partial charge in [-0.05, 0) is 24.7 Å². The monoisotopic (exact) mass is 168 g/mol. The molecule has 0 amide bonds. The fourth-order valence-electron chi connectivity index (χ4n) is 2.06. The van der Waals surface area contributed by atoms with Crippen LogP contribution in [0.4, 0.5) is 0 Å². The molecular formula is C10H20N2. The predicted molar refractivity (Wildman–Crippen MR) is 50.9 cm³/mol. The number of nitrogens with zero attached hydrogens (tertiary/aromatic N) is 1. The van der Waals surface area contributed by atoms with Gasteiger partial charge in [-0.15, -0.1) is 0 Å². The summed E-state index contributed by atoms with van der Waals surface area (Å²) in [7, 11) is 0. The molecule has 2 fully saturated rings. The largest absolute Gasteiger partial charge is 0.326 e. The molecule has 70 valence electrons. The molecule has 1 atom stereocenters. The van der Waals surface area contributed by atoms with Gasteiger partial charge in [0.2, 0.25) is 0 Å². The Balaban J connectivity index is 1.62. The third kappa shape index (κ3) is 1.80. The van der Waals surface area contributed by atoms with Crippen LogP contribution in [0.2, 0.25) is 0 Å². The molecule has 0 aromatic rings. The summed E-state index contributed by atoms with van der Waals surface area (Å²) >= 11 is 0. The molecular weight excluding hydrogens is 148 g/mol. The van der Waals surface area contributed by atoms with Crippen LogP contribution in [-0.2, 0) is 0 Å². The maximum Gasteiger partial charge on any atom is 0.0196 e. The first kappa shape index (κ1) is 8.52. The Hall–Kier alpha value is -0.0800. The molecule has 2 nitrogen and oxygen atoms in total. The number of hydrogen-bond acceptors (Lipinski definition) is 2. The van der Waals surface area contributed by atoms with Gasteiger partial charge in [-0.1, -0.05) is 13.3 Å². The first-order valence-electron chi connectivity index (χ1n) is 5.27. The van der Waals surface area contributed by atoms with Crippen molar-refractivity contribution in [3.63, 3.8) is 0 Å². The average Bonchev–Trinajstić information content (AvgIpc) is 2.76. The molecule has 0 spiro atoms. The second kappa shape index (κ2) is 3.35. The first-order valence-corrected chi connectivity index (χ1v) is 5.27. The van der Waals surface area contributed by atoms with Crippen LogP contribution >= 0.6 is 0 Å². The quantitative estimate of drug-likeness (QED) is 0.680. The molecule has 1 saturated carbocycles. The van der Waals surface area contributed by atoms with Gasteiger partial charge in [0.15, 0.2) is 0 Å². The number of hydrogen-bond donors (Lipinski definition) is 1. The highest BCUT2D eigenvalue weighted by molar-refractivity contribution is 4.89. The van der Waals surface area contributed by atoms with Crippen molar-refractivity contribution in [3.8, 4) is 0 Å². The van der Waals surface area contributed by atoms with Crippen molar-refractivity contribution in [2.24, 2.45) is 17.6 Å². The number of likely N-dealkylation sites (tertiary alicyclic amines) is 1. The Morgan fingerprint density at radius 2 is 2.08 bits per heavy atom. The van der Waals surface area contributed by atoms with Crippen LogP contribution in [0, 0.1) is 11.8 Å². The van der Waals surface area contributed by atoms with Crippen molar-refractivity contribution in [2.75, 3.05) is 19.6 Å². The third-order valence-electron chi connectivity index (χ3n) is 3.31. The lowest BCUT2D eigenvalue weighted by molar-refractivity contribution is 0.0883. The average molecular weight is 168 g/mol. The van der Waals surface area contributed by atoms with Gasteiger partial charge in [0.25, 0.3) is 0 Å². The summed E-state index contributed by atoms with van der Waals surface area (Å²) in [5.74, 6) is 1.84. The predicted octanol–water partition coefficient (Wildman–Crippen LogP) is 1.07. The normalized spacial score (nSPS) is 28.5. The van der Waals surface area contributed by atoms with E-state index in [2.05, 4.69) is 11.8 Å². The van der Waals surface area contributed by atoms with Crippen LogP contribution in [0.3, 0.4) is 0 Å². The molecule has 1 aliphatic heterocycles. The van der Waals surface area contributed by atoms with E-state index in [-0.39, 0.29) is 0 Å². The molecule has 0 radical (unpaired) electrons. The Morgan fingerprint density at radius 1 is 1.42 bits per heavy atom. The summed E-state index contributed by atoms with van der Waals surface area (Å²) in [5, 5.41) is 0. The molecule has 1 saturated heterocycles. The Morgan fingerprint density at radius 3 is 2.58 bits per heavy atom. The highest BCUT2D eigenvalue weighted by Crippen LogP contribution is 2.32. The van der Waals surface area contributed by atoms with Crippen LogP contribution in [0.15, 0.2) is 0 Å². The molecule has 0 aromatic heterocycles. The maximum atomic E-state index is 6.03. The van der Waals surface area contributed by atoms with Crippen LogP contribution in [-0.4, -0.2) is 30.6 Å². The highest BCUT2D eigenvalue weighted by atomic mass is 15.2. The Bertz CT molecular complexity index is 148. The molecule has 2 N–H and O–H groups in total. The van der Waals surface area contributed by atoms with Gasteiger partial charge in [-0.2, -0.15) is 0 Å². The van der Waals surface area contributed by atoms with E-state index in [0.717, 1.165) is 18.4 Å². The van der Waals surface area contributed by atoms with Crippen molar-refractivity contribution >= 4 is 0 Å². The lowest BCUT2D eigenvalue weighted by Crippen LogP contribution is -2.51. The molecule has 2 rings (SSSR count). The van der Waals surface area contributed by atoms with E-state index in [1.165, 1.54) is 32.4 Å². The molecule has 12 heavy (non-hydrogen) atoms. The fraction of sp³-hybridized carbons (Fsp3) is 1.00. The standard InChI is InChI=1S/C10H20N2/c1-2-8-5-12(6-8)7-10(11)9-3-4-9/h8-10H,2-7,11H2,1H3. The van der Waals surface area contributed by atoms with E-state index in [1.807, 2.05) is 0 Å². The Labute approximate surface area is 75.1 Å². The third-order valence-corrected chi connectivity index (χ3v) is 3.31. The zero-order valence-electron chi connectivity index (χ0n) is 8.00. The zero-order valence-corrected chi connectivity index (χ0v) is 8.00. The SMILES string of the molecule is CCC1CN(CC(N)C2CC2)C1. The summed E-state index contributed by atoms with van der Waals surface area (Å²) in [6.07, 6.45) is 4.10. The maximum absolute atomic E-state index is 6.03. The lowest BCUT2D eigenvalue weighted by atomic mass is 9.96. The summed E-state index contributed by atoms with van der Waals surface area (Å²) < 4.78 is 0. The van der Waals surface area contributed by atoms with Gasteiger partial charge in [0.1, 0.15) is 0 Å². The minimum atomic E-state index is 0.475. The van der Waals surface area contributed by atoms with Gasteiger partial charge in [-0.25, -0.2) is 0 Å². The van der Waals surface area contributed by atoms with Crippen molar-refractivity contribution < 1.29 is 0 Å². The van der Waals surface area contributed by atoms with Crippen molar-refractivity contribution in [1.82, 2.24) is 4.90 Å². The second-order valence-corrected chi connectivity index (χ2v) is 4.49. The first-order chi connectivity index (χ1) is 5.79. The van der Waals surface area contributed by atoms with Crippen molar-refractivity contribution in [2.45, 2.75) is 32.2 Å². The van der Waals surface area contributed by atoms with E-state index >= 15 is 0 Å². The fourth-order valence-corrected chi connectivity index (χ4v) is 2.06. The molecule has 0 bridgehead atoms. The molecule has 2 heteroatoms. The number of rotatable bonds is 4. The highest BCUT2D eigenvalue weighted by Gasteiger charge is 2.32. The van der Waals surface area contributed by atoms with Gasteiger partial charge in [0.05, 0.1) is 0 Å². The van der Waals surface area contributed by atoms with Crippen LogP contribution in [0.25, 0.3) is 0 Å². The van der Waals surface area contributed by atoms with Crippen LogP contribution in [0.5, 0.6) is 0 Å². The molecule has 2 aliphatic rings. The van der Waals surface area contributed by atoms with E-state index in [0.29, 0.717) is 6.04 Å². The summed E-state index contributed by atoms with van der Waals surface area (Å²) in [4.78, 5) is 2.51. The van der Waals surface area contributed by atoms with Gasteiger partial charge in [-0.3, -0.25) is 0 Å². The molecule has 1 aliphatic carbocycles. The topological polar surface area (TPSA) is 29.3 Å². The summed E-state index contributed by atoms with van der Waals surface area (Å²) in [6.45, 7) is 6.04. The molecule has 1 heterocycles. The smallest absolute Gasteiger partial charge is 0.0196 e. The van der Waals surface area contributed by atoms with Crippen LogP contribution in [0.1, 0.15) is 26.2 Å². The minimum Gasteiger partial charge on any atom is -0.326 e. The summed E-state index contributed by atoms with van der Waals surface area (Å²) in [5.41, 5.74) is 6.03. The summed E-state index contributed by atoms with van der Waals surface area (Å²) in [6, 6.07) is 0.475. The number of nitrogens with two attached hydrogens (primary N) is 1.